The Morgan fingerprint density at radius 3 is 2.61 bits per heavy atom. The molecule has 28 heavy (non-hydrogen) atoms. The number of halogens is 3. The number of fused-ring (bicyclic) bond motifs is 1. The van der Waals surface area contributed by atoms with E-state index >= 15 is 0 Å². The van der Waals surface area contributed by atoms with Crippen molar-refractivity contribution in [2.45, 2.75) is 32.0 Å². The van der Waals surface area contributed by atoms with Gasteiger partial charge in [-0.3, -0.25) is 9.69 Å². The van der Waals surface area contributed by atoms with Crippen molar-refractivity contribution in [3.8, 4) is 0 Å². The molecule has 4 rings (SSSR count). The molecule has 0 bridgehead atoms. The minimum Gasteiger partial charge on any atom is -0.356 e. The molecule has 0 saturated carbocycles. The molecule has 2 aliphatic heterocycles. The van der Waals surface area contributed by atoms with Gasteiger partial charge in [0.2, 0.25) is 0 Å². The highest BCUT2D eigenvalue weighted by Gasteiger charge is 2.45. The van der Waals surface area contributed by atoms with Crippen LogP contribution in [0.3, 0.4) is 0 Å². The van der Waals surface area contributed by atoms with Crippen LogP contribution in [0.1, 0.15) is 18.5 Å². The van der Waals surface area contributed by atoms with Gasteiger partial charge in [0, 0.05) is 30.9 Å². The molecule has 0 unspecified atom stereocenters. The van der Waals surface area contributed by atoms with Crippen LogP contribution in [-0.4, -0.2) is 79.7 Å². The number of nitrogens with zero attached hydrogens (tertiary/aromatic N) is 7. The molecule has 2 aromatic heterocycles. The standard InChI is InChI=1S/C16H18F3N7O2/c1-10-6-12(26-14(22-10)20-9-21-26)23-4-2-11(3-5-23)24-7-13(27)25(15(24)28)8-16(17,18)19/h6,9,11H,2-5,7-8H2,1H3. The monoisotopic (exact) mass is 397 g/mol. The molecule has 3 amide bonds. The Labute approximate surface area is 157 Å². The van der Waals surface area contributed by atoms with Crippen molar-refractivity contribution in [3.05, 3.63) is 18.1 Å². The number of aryl methyl sites for hydroxylation is 1. The topological polar surface area (TPSA) is 86.9 Å². The first-order chi connectivity index (χ1) is 13.2. The fraction of sp³-hybridized carbons (Fsp3) is 0.562. The van der Waals surface area contributed by atoms with E-state index in [4.69, 9.17) is 0 Å². The van der Waals surface area contributed by atoms with Gasteiger partial charge >= 0.3 is 12.2 Å². The molecule has 2 aromatic rings. The van der Waals surface area contributed by atoms with E-state index < -0.39 is 24.7 Å². The zero-order valence-corrected chi connectivity index (χ0v) is 15.1. The van der Waals surface area contributed by atoms with E-state index in [0.29, 0.717) is 31.7 Å². The summed E-state index contributed by atoms with van der Waals surface area (Å²) in [6.45, 7) is 1.15. The first kappa shape index (κ1) is 18.4. The third-order valence-corrected chi connectivity index (χ3v) is 5.01. The van der Waals surface area contributed by atoms with E-state index in [1.54, 1.807) is 4.52 Å². The largest absolute Gasteiger partial charge is 0.406 e. The van der Waals surface area contributed by atoms with Crippen molar-refractivity contribution in [2.75, 3.05) is 31.1 Å². The van der Waals surface area contributed by atoms with Gasteiger partial charge < -0.3 is 9.80 Å². The number of aromatic nitrogens is 4. The summed E-state index contributed by atoms with van der Waals surface area (Å²) in [5.74, 6) is 0.500. The number of piperidine rings is 1. The quantitative estimate of drug-likeness (QED) is 0.724. The van der Waals surface area contributed by atoms with Gasteiger partial charge in [0.1, 0.15) is 25.2 Å². The van der Waals surface area contributed by atoms with Crippen molar-refractivity contribution in [1.82, 2.24) is 29.4 Å². The van der Waals surface area contributed by atoms with E-state index in [0.717, 1.165) is 11.5 Å². The second-order valence-corrected chi connectivity index (χ2v) is 6.95. The minimum atomic E-state index is -4.60. The van der Waals surface area contributed by atoms with Crippen LogP contribution < -0.4 is 4.90 Å². The van der Waals surface area contributed by atoms with Crippen molar-refractivity contribution in [3.63, 3.8) is 0 Å². The summed E-state index contributed by atoms with van der Waals surface area (Å²) in [5.41, 5.74) is 0.792. The van der Waals surface area contributed by atoms with Gasteiger partial charge in [0.15, 0.2) is 0 Å². The van der Waals surface area contributed by atoms with Gasteiger partial charge in [-0.2, -0.15) is 27.8 Å². The summed E-state index contributed by atoms with van der Waals surface area (Å²) in [4.78, 5) is 36.2. The summed E-state index contributed by atoms with van der Waals surface area (Å²) in [7, 11) is 0. The molecule has 2 aliphatic rings. The third kappa shape index (κ3) is 3.34. The van der Waals surface area contributed by atoms with E-state index in [1.165, 1.54) is 11.2 Å². The Hall–Kier alpha value is -2.92. The van der Waals surface area contributed by atoms with Gasteiger partial charge in [-0.05, 0) is 19.8 Å². The highest BCUT2D eigenvalue weighted by Crippen LogP contribution is 2.27. The van der Waals surface area contributed by atoms with Crippen LogP contribution in [0.2, 0.25) is 0 Å². The van der Waals surface area contributed by atoms with E-state index in [2.05, 4.69) is 20.0 Å². The Balaban J connectivity index is 1.45. The number of urea groups is 1. The number of amides is 3. The lowest BCUT2D eigenvalue weighted by Gasteiger charge is -2.37. The molecule has 0 N–H and O–H groups in total. The molecule has 4 heterocycles. The molecule has 0 spiro atoms. The lowest BCUT2D eigenvalue weighted by molar-refractivity contribution is -0.151. The average molecular weight is 397 g/mol. The molecule has 0 aromatic carbocycles. The van der Waals surface area contributed by atoms with Crippen LogP contribution in [0.5, 0.6) is 0 Å². The van der Waals surface area contributed by atoms with Crippen LogP contribution in [-0.2, 0) is 4.79 Å². The number of anilines is 1. The van der Waals surface area contributed by atoms with Crippen molar-refractivity contribution in [1.29, 1.82) is 0 Å². The summed E-state index contributed by atoms with van der Waals surface area (Å²) in [5, 5.41) is 4.18. The zero-order chi connectivity index (χ0) is 20.1. The molecule has 0 radical (unpaired) electrons. The molecular weight excluding hydrogens is 379 g/mol. The molecule has 2 fully saturated rings. The van der Waals surface area contributed by atoms with Crippen LogP contribution in [0.15, 0.2) is 12.4 Å². The van der Waals surface area contributed by atoms with Gasteiger partial charge in [0.25, 0.3) is 11.7 Å². The number of alkyl halides is 3. The molecule has 9 nitrogen and oxygen atoms in total. The maximum atomic E-state index is 12.6. The number of rotatable bonds is 3. The smallest absolute Gasteiger partial charge is 0.356 e. The molecule has 2 saturated heterocycles. The van der Waals surface area contributed by atoms with Crippen molar-refractivity contribution >= 4 is 23.5 Å². The van der Waals surface area contributed by atoms with Gasteiger partial charge in [-0.15, -0.1) is 0 Å². The lowest BCUT2D eigenvalue weighted by atomic mass is 10.0. The predicted molar refractivity (Wildman–Crippen MR) is 90.6 cm³/mol. The third-order valence-electron chi connectivity index (χ3n) is 5.01. The van der Waals surface area contributed by atoms with E-state index in [1.807, 2.05) is 13.0 Å². The zero-order valence-electron chi connectivity index (χ0n) is 15.1. The summed E-state index contributed by atoms with van der Waals surface area (Å²) < 4.78 is 39.4. The minimum absolute atomic E-state index is 0.278. The number of imide groups is 1. The first-order valence-corrected chi connectivity index (χ1v) is 8.83. The predicted octanol–water partition coefficient (Wildman–Crippen LogP) is 1.23. The number of hydrogen-bond acceptors (Lipinski definition) is 6. The molecule has 0 atom stereocenters. The first-order valence-electron chi connectivity index (χ1n) is 8.83. The Bertz CT molecular complexity index is 921. The van der Waals surface area contributed by atoms with Crippen LogP contribution in [0, 0.1) is 6.92 Å². The summed E-state index contributed by atoms with van der Waals surface area (Å²) >= 11 is 0. The van der Waals surface area contributed by atoms with Crippen LogP contribution in [0.4, 0.5) is 23.8 Å². The summed E-state index contributed by atoms with van der Waals surface area (Å²) in [6.07, 6.45) is -2.11. The van der Waals surface area contributed by atoms with Crippen LogP contribution >= 0.6 is 0 Å². The van der Waals surface area contributed by atoms with E-state index in [9.17, 15) is 22.8 Å². The van der Waals surface area contributed by atoms with Gasteiger partial charge in [-0.1, -0.05) is 0 Å². The SMILES string of the molecule is Cc1cc(N2CCC(N3CC(=O)N(CC(F)(F)F)C3=O)CC2)n2ncnc2n1. The second kappa shape index (κ2) is 6.60. The van der Waals surface area contributed by atoms with Crippen LogP contribution in [0.25, 0.3) is 5.78 Å². The van der Waals surface area contributed by atoms with E-state index in [-0.39, 0.29) is 17.5 Å². The normalized spacial score (nSPS) is 19.4. The highest BCUT2D eigenvalue weighted by molar-refractivity contribution is 6.02. The Morgan fingerprint density at radius 2 is 1.93 bits per heavy atom. The number of carbonyl (C=O) groups excluding carboxylic acids is 2. The second-order valence-electron chi connectivity index (χ2n) is 6.95. The van der Waals surface area contributed by atoms with Gasteiger partial charge in [0.05, 0.1) is 0 Å². The average Bonchev–Trinajstić information content (AvgIpc) is 3.20. The fourth-order valence-electron chi connectivity index (χ4n) is 3.72. The Kier molecular flexibility index (Phi) is 4.35. The Morgan fingerprint density at radius 1 is 1.21 bits per heavy atom. The maximum absolute atomic E-state index is 12.6. The van der Waals surface area contributed by atoms with Crippen molar-refractivity contribution < 1.29 is 22.8 Å². The molecular formula is C16H18F3N7O2. The maximum Gasteiger partial charge on any atom is 0.406 e. The van der Waals surface area contributed by atoms with Crippen molar-refractivity contribution in [2.24, 2.45) is 0 Å². The molecule has 12 heteroatoms. The fourth-order valence-corrected chi connectivity index (χ4v) is 3.72. The number of carbonyl (C=O) groups is 2. The molecule has 0 aliphatic carbocycles. The molecule has 150 valence electrons. The highest BCUT2D eigenvalue weighted by atomic mass is 19.4. The number of hydrogen-bond donors (Lipinski definition) is 0. The lowest BCUT2D eigenvalue weighted by Crippen LogP contribution is -2.47. The van der Waals surface area contributed by atoms with Gasteiger partial charge in [-0.25, -0.2) is 9.78 Å². The summed E-state index contributed by atoms with van der Waals surface area (Å²) in [6, 6.07) is 0.747.